The van der Waals surface area contributed by atoms with Crippen LogP contribution in [0.5, 0.6) is 11.5 Å². The summed E-state index contributed by atoms with van der Waals surface area (Å²) in [5, 5.41) is 2.53. The van der Waals surface area contributed by atoms with Gasteiger partial charge in [-0.05, 0) is 90.3 Å². The van der Waals surface area contributed by atoms with E-state index in [1.165, 1.54) is 6.07 Å². The number of carbonyl (C=O) groups excluding carboxylic acids is 2. The Kier molecular flexibility index (Phi) is 10.6. The molecule has 6 rings (SSSR count). The van der Waals surface area contributed by atoms with Gasteiger partial charge in [-0.15, -0.1) is 0 Å². The van der Waals surface area contributed by atoms with Gasteiger partial charge in [0.15, 0.2) is 0 Å². The largest absolute Gasteiger partial charge is 0.490 e. The highest BCUT2D eigenvalue weighted by molar-refractivity contribution is 9.10. The molecule has 0 radical (unpaired) electrons. The van der Waals surface area contributed by atoms with Crippen molar-refractivity contribution in [3.8, 4) is 22.6 Å². The van der Waals surface area contributed by atoms with E-state index in [-0.39, 0.29) is 22.2 Å². The van der Waals surface area contributed by atoms with Gasteiger partial charge >= 0.3 is 6.18 Å². The van der Waals surface area contributed by atoms with E-state index in [4.69, 9.17) is 9.47 Å². The molecule has 1 aliphatic rings. The molecule has 0 aliphatic carbocycles. The fourth-order valence-corrected chi connectivity index (χ4v) is 6.16. The van der Waals surface area contributed by atoms with Crippen LogP contribution >= 0.6 is 15.9 Å². The third-order valence-electron chi connectivity index (χ3n) is 8.48. The zero-order chi connectivity index (χ0) is 35.3. The normalized spacial score (nSPS) is 13.5. The molecule has 0 spiro atoms. The van der Waals surface area contributed by atoms with Crippen LogP contribution in [0.3, 0.4) is 0 Å². The van der Waals surface area contributed by atoms with Gasteiger partial charge in [-0.2, -0.15) is 13.2 Å². The molecular weight excluding hydrogens is 709 g/mol. The zero-order valence-corrected chi connectivity index (χ0v) is 28.8. The Labute approximate surface area is 297 Å². The first-order valence-corrected chi connectivity index (χ1v) is 16.9. The van der Waals surface area contributed by atoms with Crippen LogP contribution in [0, 0.1) is 6.92 Å². The molecule has 0 atom stereocenters. The molecule has 0 bridgehead atoms. The number of ether oxygens (including phenoxy) is 2. The standard InChI is InChI=1S/C40H34BrF3N2O4/c1-26-2-6-31(7-3-26)39(48)46-20-18-37(19-21-46)50-36-14-4-27(5-15-36)25-49-35-16-12-29(13-17-35)28-8-10-30(11-9-28)38(47)45-34-23-32(40(42,43)44)22-33(41)24-34/h2-17,22-24,37H,18-21,25H2,1H3,(H,45,47). The Hall–Kier alpha value is -5.09. The highest BCUT2D eigenvalue weighted by Crippen LogP contribution is 2.34. The first kappa shape index (κ1) is 34.8. The SMILES string of the molecule is Cc1ccc(C(=O)N2CCC(Oc3ccc(COc4ccc(-c5ccc(C(=O)Nc6cc(Br)cc(C(F)(F)F)c6)cc5)cc4)cc3)CC2)cc1. The first-order valence-electron chi connectivity index (χ1n) is 16.1. The third kappa shape index (κ3) is 8.92. The first-order chi connectivity index (χ1) is 24.0. The number of anilines is 1. The number of piperidine rings is 1. The Morgan fingerprint density at radius 1 is 0.780 bits per heavy atom. The quantitative estimate of drug-likeness (QED) is 0.163. The number of hydrogen-bond acceptors (Lipinski definition) is 4. The van der Waals surface area contributed by atoms with Crippen LogP contribution in [0.1, 0.15) is 50.2 Å². The summed E-state index contributed by atoms with van der Waals surface area (Å²) in [6.45, 7) is 3.71. The number of alkyl halides is 3. The number of hydrogen-bond donors (Lipinski definition) is 1. The molecule has 5 aromatic rings. The van der Waals surface area contributed by atoms with Crippen LogP contribution in [0.4, 0.5) is 18.9 Å². The van der Waals surface area contributed by atoms with Crippen LogP contribution in [-0.2, 0) is 12.8 Å². The molecule has 1 saturated heterocycles. The molecule has 0 aromatic heterocycles. The minimum absolute atomic E-state index is 0.0429. The van der Waals surface area contributed by atoms with E-state index < -0.39 is 17.6 Å². The second-order valence-corrected chi connectivity index (χ2v) is 13.1. The summed E-state index contributed by atoms with van der Waals surface area (Å²) in [6.07, 6.45) is -2.92. The third-order valence-corrected chi connectivity index (χ3v) is 8.93. The summed E-state index contributed by atoms with van der Waals surface area (Å²) in [6, 6.07) is 33.2. The van der Waals surface area contributed by atoms with E-state index in [1.54, 1.807) is 24.3 Å². The minimum atomic E-state index is -4.53. The minimum Gasteiger partial charge on any atom is -0.490 e. The lowest BCUT2D eigenvalue weighted by Gasteiger charge is -2.32. The molecule has 6 nitrogen and oxygen atoms in total. The molecule has 1 heterocycles. The van der Waals surface area contributed by atoms with Crippen molar-refractivity contribution in [2.45, 2.75) is 38.7 Å². The van der Waals surface area contributed by atoms with Crippen molar-refractivity contribution in [1.29, 1.82) is 0 Å². The number of carbonyl (C=O) groups is 2. The van der Waals surface area contributed by atoms with E-state index >= 15 is 0 Å². The highest BCUT2D eigenvalue weighted by atomic mass is 79.9. The summed E-state index contributed by atoms with van der Waals surface area (Å²) >= 11 is 3.07. The average Bonchev–Trinajstić information content (AvgIpc) is 3.11. The Bertz CT molecular complexity index is 1940. The van der Waals surface area contributed by atoms with Gasteiger partial charge < -0.3 is 19.7 Å². The van der Waals surface area contributed by atoms with E-state index in [0.717, 1.165) is 53.0 Å². The molecule has 0 saturated carbocycles. The number of nitrogens with one attached hydrogen (secondary N) is 1. The van der Waals surface area contributed by atoms with Gasteiger partial charge in [0.05, 0.1) is 5.56 Å². The molecule has 10 heteroatoms. The number of halogens is 4. The summed E-state index contributed by atoms with van der Waals surface area (Å²) in [5.74, 6) is 1.03. The number of rotatable bonds is 9. The van der Waals surface area contributed by atoms with Crippen LogP contribution in [-0.4, -0.2) is 35.9 Å². The number of likely N-dealkylation sites (tertiary alicyclic amines) is 1. The van der Waals surface area contributed by atoms with Gasteiger partial charge in [-0.25, -0.2) is 0 Å². The van der Waals surface area contributed by atoms with Crippen molar-refractivity contribution in [3.05, 3.63) is 148 Å². The topological polar surface area (TPSA) is 67.9 Å². The molecule has 5 aromatic carbocycles. The van der Waals surface area contributed by atoms with Crippen LogP contribution < -0.4 is 14.8 Å². The average molecular weight is 744 g/mol. The Morgan fingerprint density at radius 3 is 1.98 bits per heavy atom. The van der Waals surface area contributed by atoms with Crippen molar-refractivity contribution in [2.75, 3.05) is 18.4 Å². The summed E-state index contributed by atoms with van der Waals surface area (Å²) in [4.78, 5) is 27.4. The van der Waals surface area contributed by atoms with Gasteiger partial charge in [0.2, 0.25) is 0 Å². The highest BCUT2D eigenvalue weighted by Gasteiger charge is 2.31. The van der Waals surface area contributed by atoms with Crippen LogP contribution in [0.2, 0.25) is 0 Å². The fourth-order valence-electron chi connectivity index (χ4n) is 5.67. The summed E-state index contributed by atoms with van der Waals surface area (Å²) in [7, 11) is 0. The maximum absolute atomic E-state index is 13.2. The van der Waals surface area contributed by atoms with Gasteiger partial charge in [0, 0.05) is 47.2 Å². The molecule has 1 fully saturated rings. The molecule has 1 aliphatic heterocycles. The van der Waals surface area contributed by atoms with E-state index in [9.17, 15) is 22.8 Å². The molecule has 50 heavy (non-hydrogen) atoms. The molecule has 256 valence electrons. The molecular formula is C40H34BrF3N2O4. The lowest BCUT2D eigenvalue weighted by molar-refractivity contribution is -0.137. The van der Waals surface area contributed by atoms with Crippen molar-refractivity contribution >= 4 is 33.4 Å². The van der Waals surface area contributed by atoms with Crippen LogP contribution in [0.15, 0.2) is 120 Å². The second kappa shape index (κ2) is 15.2. The van der Waals surface area contributed by atoms with Gasteiger partial charge in [0.1, 0.15) is 24.2 Å². The number of nitrogens with zero attached hydrogens (tertiary/aromatic N) is 1. The monoisotopic (exact) mass is 742 g/mol. The van der Waals surface area contributed by atoms with Gasteiger partial charge in [-0.1, -0.05) is 70.0 Å². The van der Waals surface area contributed by atoms with Crippen molar-refractivity contribution < 1.29 is 32.2 Å². The van der Waals surface area contributed by atoms with E-state index in [2.05, 4.69) is 21.2 Å². The second-order valence-electron chi connectivity index (χ2n) is 12.2. The van der Waals surface area contributed by atoms with Gasteiger partial charge in [0.25, 0.3) is 11.8 Å². The number of amides is 2. The summed E-state index contributed by atoms with van der Waals surface area (Å²) < 4.78 is 51.9. The smallest absolute Gasteiger partial charge is 0.416 e. The lowest BCUT2D eigenvalue weighted by atomic mass is 10.0. The van der Waals surface area contributed by atoms with E-state index in [0.29, 0.717) is 36.6 Å². The Balaban J connectivity index is 0.960. The molecule has 1 N–H and O–H groups in total. The maximum Gasteiger partial charge on any atom is 0.416 e. The summed E-state index contributed by atoms with van der Waals surface area (Å²) in [5.41, 5.74) is 4.12. The number of aryl methyl sites for hydroxylation is 1. The van der Waals surface area contributed by atoms with Gasteiger partial charge in [-0.3, -0.25) is 9.59 Å². The van der Waals surface area contributed by atoms with Crippen LogP contribution in [0.25, 0.3) is 11.1 Å². The fraction of sp³-hybridized carbons (Fsp3) is 0.200. The predicted octanol–water partition coefficient (Wildman–Crippen LogP) is 9.96. The molecule has 2 amide bonds. The van der Waals surface area contributed by atoms with E-state index in [1.807, 2.05) is 84.6 Å². The lowest BCUT2D eigenvalue weighted by Crippen LogP contribution is -2.41. The van der Waals surface area contributed by atoms with Crippen molar-refractivity contribution in [1.82, 2.24) is 4.90 Å². The zero-order valence-electron chi connectivity index (χ0n) is 27.2. The molecule has 0 unspecified atom stereocenters. The maximum atomic E-state index is 13.2. The van der Waals surface area contributed by atoms with Crippen molar-refractivity contribution in [3.63, 3.8) is 0 Å². The number of benzene rings is 5. The Morgan fingerprint density at radius 2 is 1.36 bits per heavy atom. The van der Waals surface area contributed by atoms with Crippen molar-refractivity contribution in [2.24, 2.45) is 0 Å². The predicted molar refractivity (Wildman–Crippen MR) is 190 cm³/mol.